The normalized spacial score (nSPS) is 20.4. The largest absolute Gasteiger partial charge is 0.380 e. The zero-order valence-electron chi connectivity index (χ0n) is 11.3. The van der Waals surface area contributed by atoms with Crippen LogP contribution in [0.2, 0.25) is 0 Å². The van der Waals surface area contributed by atoms with Gasteiger partial charge in [-0.3, -0.25) is 0 Å². The van der Waals surface area contributed by atoms with Gasteiger partial charge in [0.1, 0.15) is 5.82 Å². The SMILES string of the molecule is N#Cc1ccc(NC2CC(c3ccc(Br)cc3)C2)c(F)c1. The first-order valence-electron chi connectivity index (χ1n) is 6.87. The van der Waals surface area contributed by atoms with E-state index in [-0.39, 0.29) is 5.82 Å². The Bertz CT molecular complexity index is 685. The van der Waals surface area contributed by atoms with E-state index < -0.39 is 0 Å². The Morgan fingerprint density at radius 2 is 1.86 bits per heavy atom. The summed E-state index contributed by atoms with van der Waals surface area (Å²) >= 11 is 3.43. The highest BCUT2D eigenvalue weighted by Crippen LogP contribution is 2.39. The molecule has 1 aliphatic rings. The van der Waals surface area contributed by atoms with E-state index in [1.54, 1.807) is 12.1 Å². The minimum absolute atomic E-state index is 0.293. The average Bonchev–Trinajstić information content (AvgIpc) is 2.45. The predicted octanol–water partition coefficient (Wildman–Crippen LogP) is 4.82. The van der Waals surface area contributed by atoms with Crippen LogP contribution in [0.5, 0.6) is 0 Å². The molecular formula is C17H14BrFN2. The molecule has 4 heteroatoms. The molecule has 0 aliphatic heterocycles. The number of nitrogens with zero attached hydrogens (tertiary/aromatic N) is 1. The first kappa shape index (κ1) is 14.1. The monoisotopic (exact) mass is 344 g/mol. The lowest BCUT2D eigenvalue weighted by Gasteiger charge is -2.37. The molecule has 3 rings (SSSR count). The summed E-state index contributed by atoms with van der Waals surface area (Å²) < 4.78 is 14.9. The number of rotatable bonds is 3. The molecule has 0 radical (unpaired) electrons. The summed E-state index contributed by atoms with van der Waals surface area (Å²) in [4.78, 5) is 0. The van der Waals surface area contributed by atoms with Crippen molar-refractivity contribution in [2.24, 2.45) is 0 Å². The Kier molecular flexibility index (Phi) is 3.94. The summed E-state index contributed by atoms with van der Waals surface area (Å²) in [5.74, 6) is 0.179. The van der Waals surface area contributed by atoms with Gasteiger partial charge >= 0.3 is 0 Å². The maximum atomic E-state index is 13.8. The van der Waals surface area contributed by atoms with Gasteiger partial charge in [0.25, 0.3) is 0 Å². The van der Waals surface area contributed by atoms with E-state index in [2.05, 4.69) is 45.5 Å². The minimum Gasteiger partial charge on any atom is -0.380 e. The molecule has 0 atom stereocenters. The highest BCUT2D eigenvalue weighted by Gasteiger charge is 2.30. The Labute approximate surface area is 131 Å². The van der Waals surface area contributed by atoms with Gasteiger partial charge in [0.15, 0.2) is 0 Å². The van der Waals surface area contributed by atoms with Crippen molar-refractivity contribution >= 4 is 21.6 Å². The number of nitriles is 1. The number of hydrogen-bond donors (Lipinski definition) is 1. The third kappa shape index (κ3) is 3.08. The number of halogens is 2. The third-order valence-electron chi connectivity index (χ3n) is 3.94. The van der Waals surface area contributed by atoms with Gasteiger partial charge in [-0.1, -0.05) is 28.1 Å². The van der Waals surface area contributed by atoms with Crippen LogP contribution in [-0.2, 0) is 0 Å². The molecule has 106 valence electrons. The molecule has 1 fully saturated rings. The van der Waals surface area contributed by atoms with E-state index in [1.807, 2.05) is 6.07 Å². The van der Waals surface area contributed by atoms with Crippen molar-refractivity contribution in [1.29, 1.82) is 5.26 Å². The van der Waals surface area contributed by atoms with Crippen LogP contribution in [-0.4, -0.2) is 6.04 Å². The van der Waals surface area contributed by atoms with Gasteiger partial charge in [0.2, 0.25) is 0 Å². The van der Waals surface area contributed by atoms with Crippen LogP contribution >= 0.6 is 15.9 Å². The van der Waals surface area contributed by atoms with Crippen molar-refractivity contribution in [3.8, 4) is 6.07 Å². The zero-order chi connectivity index (χ0) is 14.8. The highest BCUT2D eigenvalue weighted by molar-refractivity contribution is 9.10. The Morgan fingerprint density at radius 3 is 2.48 bits per heavy atom. The Hall–Kier alpha value is -1.86. The topological polar surface area (TPSA) is 35.8 Å². The zero-order valence-corrected chi connectivity index (χ0v) is 12.9. The van der Waals surface area contributed by atoms with E-state index in [9.17, 15) is 4.39 Å². The lowest BCUT2D eigenvalue weighted by atomic mass is 9.76. The highest BCUT2D eigenvalue weighted by atomic mass is 79.9. The second kappa shape index (κ2) is 5.87. The van der Waals surface area contributed by atoms with Crippen LogP contribution in [0.25, 0.3) is 0 Å². The molecule has 0 spiro atoms. The number of benzene rings is 2. The van der Waals surface area contributed by atoms with Crippen LogP contribution in [0, 0.1) is 17.1 Å². The molecule has 0 unspecified atom stereocenters. The Balaban J connectivity index is 1.60. The molecule has 0 heterocycles. The van der Waals surface area contributed by atoms with Crippen molar-refractivity contribution in [3.63, 3.8) is 0 Å². The molecule has 1 aliphatic carbocycles. The molecule has 2 aromatic rings. The summed E-state index contributed by atoms with van der Waals surface area (Å²) in [7, 11) is 0. The standard InChI is InChI=1S/C17H14BrFN2/c18-14-4-2-12(3-5-14)13-8-15(9-13)21-17-6-1-11(10-20)7-16(17)19/h1-7,13,15,21H,8-9H2. The number of hydrogen-bond acceptors (Lipinski definition) is 2. The van der Waals surface area contributed by atoms with E-state index in [0.717, 1.165) is 17.3 Å². The van der Waals surface area contributed by atoms with Gasteiger partial charge in [-0.2, -0.15) is 5.26 Å². The van der Waals surface area contributed by atoms with Crippen LogP contribution in [0.15, 0.2) is 46.9 Å². The fourth-order valence-corrected chi connectivity index (χ4v) is 2.93. The van der Waals surface area contributed by atoms with Crippen LogP contribution in [0.4, 0.5) is 10.1 Å². The maximum absolute atomic E-state index is 13.8. The molecule has 21 heavy (non-hydrogen) atoms. The predicted molar refractivity (Wildman–Crippen MR) is 84.6 cm³/mol. The molecule has 2 aromatic carbocycles. The quantitative estimate of drug-likeness (QED) is 0.866. The minimum atomic E-state index is -0.360. The Morgan fingerprint density at radius 1 is 1.14 bits per heavy atom. The van der Waals surface area contributed by atoms with E-state index in [0.29, 0.717) is 23.2 Å². The van der Waals surface area contributed by atoms with Gasteiger partial charge in [-0.15, -0.1) is 0 Å². The lowest BCUT2D eigenvalue weighted by molar-refractivity contribution is 0.373. The molecule has 1 saturated carbocycles. The summed E-state index contributed by atoms with van der Waals surface area (Å²) in [6, 6.07) is 15.1. The second-order valence-corrected chi connectivity index (χ2v) is 6.28. The molecule has 0 bridgehead atoms. The summed E-state index contributed by atoms with van der Waals surface area (Å²) in [6.07, 6.45) is 2.00. The molecule has 1 N–H and O–H groups in total. The van der Waals surface area contributed by atoms with Crippen LogP contribution in [0.1, 0.15) is 29.9 Å². The van der Waals surface area contributed by atoms with Crippen molar-refractivity contribution in [1.82, 2.24) is 0 Å². The van der Waals surface area contributed by atoms with Crippen molar-refractivity contribution in [2.45, 2.75) is 24.8 Å². The van der Waals surface area contributed by atoms with Gasteiger partial charge in [0.05, 0.1) is 17.3 Å². The summed E-state index contributed by atoms with van der Waals surface area (Å²) in [6.45, 7) is 0. The van der Waals surface area contributed by atoms with E-state index in [1.165, 1.54) is 11.6 Å². The van der Waals surface area contributed by atoms with Crippen molar-refractivity contribution in [2.75, 3.05) is 5.32 Å². The first-order chi connectivity index (χ1) is 10.2. The maximum Gasteiger partial charge on any atom is 0.147 e. The number of anilines is 1. The molecule has 0 aromatic heterocycles. The lowest BCUT2D eigenvalue weighted by Crippen LogP contribution is -2.34. The fraction of sp³-hybridized carbons (Fsp3) is 0.235. The smallest absolute Gasteiger partial charge is 0.147 e. The summed E-state index contributed by atoms with van der Waals surface area (Å²) in [5, 5.41) is 11.9. The number of nitrogens with one attached hydrogen (secondary N) is 1. The van der Waals surface area contributed by atoms with Gasteiger partial charge in [-0.25, -0.2) is 4.39 Å². The van der Waals surface area contributed by atoms with Crippen molar-refractivity contribution < 1.29 is 4.39 Å². The van der Waals surface area contributed by atoms with E-state index >= 15 is 0 Å². The second-order valence-electron chi connectivity index (χ2n) is 5.37. The van der Waals surface area contributed by atoms with Crippen LogP contribution in [0.3, 0.4) is 0 Å². The fourth-order valence-electron chi connectivity index (χ4n) is 2.66. The molecule has 0 amide bonds. The molecule has 2 nitrogen and oxygen atoms in total. The average molecular weight is 345 g/mol. The van der Waals surface area contributed by atoms with Crippen molar-refractivity contribution in [3.05, 3.63) is 63.9 Å². The molecule has 0 saturated heterocycles. The van der Waals surface area contributed by atoms with Gasteiger partial charge in [-0.05, 0) is 54.7 Å². The third-order valence-corrected chi connectivity index (χ3v) is 4.47. The first-order valence-corrected chi connectivity index (χ1v) is 7.66. The van der Waals surface area contributed by atoms with Gasteiger partial charge < -0.3 is 5.32 Å². The van der Waals surface area contributed by atoms with Crippen LogP contribution < -0.4 is 5.32 Å². The summed E-state index contributed by atoms with van der Waals surface area (Å²) in [5.41, 5.74) is 2.16. The molecular weight excluding hydrogens is 331 g/mol. The van der Waals surface area contributed by atoms with Gasteiger partial charge in [0, 0.05) is 10.5 Å². The van der Waals surface area contributed by atoms with E-state index in [4.69, 9.17) is 5.26 Å².